The smallest absolute Gasteiger partial charge is 0.217 e. The predicted molar refractivity (Wildman–Crippen MR) is 102 cm³/mol. The van der Waals surface area contributed by atoms with Gasteiger partial charge in [-0.2, -0.15) is 0 Å². The van der Waals surface area contributed by atoms with Crippen LogP contribution in [0.5, 0.6) is 0 Å². The highest BCUT2D eigenvalue weighted by atomic mass is 16.5. The van der Waals surface area contributed by atoms with Crippen molar-refractivity contribution < 1.29 is 9.53 Å². The first-order chi connectivity index (χ1) is 11.8. The van der Waals surface area contributed by atoms with Crippen molar-refractivity contribution in [2.45, 2.75) is 46.2 Å². The number of benzene rings is 2. The Morgan fingerprint density at radius 3 is 2.68 bits per heavy atom. The lowest BCUT2D eigenvalue weighted by atomic mass is 9.86. The Bertz CT molecular complexity index is 800. The standard InChI is InChI=1S/C21H26N2O2/c1-14(24)22-19(21(2,3)4)20-23-17(13-25-20)12-16-10-7-9-15-8-5-6-11-18(15)16/h5-11,17,19H,12-13H2,1-4H3,(H,22,24)/t17-,19?/m0/s1. The molecule has 0 spiro atoms. The molecule has 25 heavy (non-hydrogen) atoms. The normalized spacial score (nSPS) is 18.6. The van der Waals surface area contributed by atoms with Crippen molar-refractivity contribution in [3.63, 3.8) is 0 Å². The third-order valence-corrected chi connectivity index (χ3v) is 4.53. The van der Waals surface area contributed by atoms with E-state index in [-0.39, 0.29) is 23.4 Å². The van der Waals surface area contributed by atoms with E-state index in [1.165, 1.54) is 23.3 Å². The van der Waals surface area contributed by atoms with Gasteiger partial charge in [0, 0.05) is 6.92 Å². The molecule has 4 heteroatoms. The van der Waals surface area contributed by atoms with Gasteiger partial charge in [0.15, 0.2) is 0 Å². The fourth-order valence-corrected chi connectivity index (χ4v) is 3.27. The average Bonchev–Trinajstić information content (AvgIpc) is 3.00. The molecule has 2 atom stereocenters. The molecule has 0 aliphatic carbocycles. The molecule has 4 nitrogen and oxygen atoms in total. The molecular weight excluding hydrogens is 312 g/mol. The lowest BCUT2D eigenvalue weighted by molar-refractivity contribution is -0.119. The van der Waals surface area contributed by atoms with E-state index in [1.54, 1.807) is 0 Å². The molecule has 2 aromatic carbocycles. The maximum Gasteiger partial charge on any atom is 0.217 e. The van der Waals surface area contributed by atoms with Crippen molar-refractivity contribution in [2.24, 2.45) is 10.4 Å². The number of fused-ring (bicyclic) bond motifs is 1. The summed E-state index contributed by atoms with van der Waals surface area (Å²) in [7, 11) is 0. The van der Waals surface area contributed by atoms with Gasteiger partial charge in [-0.15, -0.1) is 0 Å². The summed E-state index contributed by atoms with van der Waals surface area (Å²) in [6.07, 6.45) is 0.835. The van der Waals surface area contributed by atoms with Crippen LogP contribution in [0, 0.1) is 5.41 Å². The highest BCUT2D eigenvalue weighted by molar-refractivity contribution is 5.89. The number of carbonyl (C=O) groups excluding carboxylic acids is 1. The van der Waals surface area contributed by atoms with Gasteiger partial charge in [0.1, 0.15) is 12.6 Å². The molecule has 0 fully saturated rings. The van der Waals surface area contributed by atoms with Gasteiger partial charge in [0.25, 0.3) is 0 Å². The molecule has 0 saturated carbocycles. The van der Waals surface area contributed by atoms with Crippen LogP contribution in [0.25, 0.3) is 10.8 Å². The summed E-state index contributed by atoms with van der Waals surface area (Å²) in [6.45, 7) is 8.33. The van der Waals surface area contributed by atoms with Crippen molar-refractivity contribution in [1.29, 1.82) is 0 Å². The Morgan fingerprint density at radius 2 is 1.96 bits per heavy atom. The topological polar surface area (TPSA) is 50.7 Å². The number of nitrogens with one attached hydrogen (secondary N) is 1. The Kier molecular flexibility index (Phi) is 4.80. The zero-order valence-electron chi connectivity index (χ0n) is 15.4. The summed E-state index contributed by atoms with van der Waals surface area (Å²) in [6, 6.07) is 14.7. The number of amides is 1. The minimum absolute atomic E-state index is 0.0660. The molecule has 1 heterocycles. The van der Waals surface area contributed by atoms with E-state index in [1.807, 2.05) is 0 Å². The second-order valence-corrected chi connectivity index (χ2v) is 7.77. The maximum atomic E-state index is 11.6. The van der Waals surface area contributed by atoms with Gasteiger partial charge in [-0.25, -0.2) is 4.99 Å². The molecule has 1 aliphatic rings. The zero-order chi connectivity index (χ0) is 18.0. The number of hydrogen-bond donors (Lipinski definition) is 1. The highest BCUT2D eigenvalue weighted by Crippen LogP contribution is 2.26. The molecule has 1 N–H and O–H groups in total. The number of carbonyl (C=O) groups is 1. The summed E-state index contributed by atoms with van der Waals surface area (Å²) < 4.78 is 5.87. The second-order valence-electron chi connectivity index (χ2n) is 7.77. The number of ether oxygens (including phenoxy) is 1. The third kappa shape index (κ3) is 4.01. The number of aliphatic imine (C=N–C) groups is 1. The van der Waals surface area contributed by atoms with Crippen LogP contribution in [0.4, 0.5) is 0 Å². The van der Waals surface area contributed by atoms with Gasteiger partial charge >= 0.3 is 0 Å². The van der Waals surface area contributed by atoms with Crippen LogP contribution in [-0.2, 0) is 16.0 Å². The van der Waals surface area contributed by atoms with Gasteiger partial charge in [0.2, 0.25) is 11.8 Å². The van der Waals surface area contributed by atoms with E-state index in [2.05, 4.69) is 68.6 Å². The minimum atomic E-state index is -0.206. The molecule has 0 saturated heterocycles. The van der Waals surface area contributed by atoms with E-state index in [0.29, 0.717) is 12.5 Å². The molecule has 0 bridgehead atoms. The van der Waals surface area contributed by atoms with Crippen LogP contribution in [-0.4, -0.2) is 30.5 Å². The van der Waals surface area contributed by atoms with E-state index in [4.69, 9.17) is 9.73 Å². The molecule has 0 aromatic heterocycles. The van der Waals surface area contributed by atoms with E-state index < -0.39 is 0 Å². The van der Waals surface area contributed by atoms with E-state index in [9.17, 15) is 4.79 Å². The molecule has 1 unspecified atom stereocenters. The lowest BCUT2D eigenvalue weighted by Crippen LogP contribution is -2.48. The van der Waals surface area contributed by atoms with Crippen LogP contribution >= 0.6 is 0 Å². The first-order valence-corrected chi connectivity index (χ1v) is 8.79. The monoisotopic (exact) mass is 338 g/mol. The number of nitrogens with zero attached hydrogens (tertiary/aromatic N) is 1. The zero-order valence-corrected chi connectivity index (χ0v) is 15.4. The maximum absolute atomic E-state index is 11.6. The Morgan fingerprint density at radius 1 is 1.24 bits per heavy atom. The Hall–Kier alpha value is -2.36. The molecule has 3 rings (SSSR count). The summed E-state index contributed by atoms with van der Waals surface area (Å²) in [5.74, 6) is 0.580. The number of rotatable bonds is 4. The quantitative estimate of drug-likeness (QED) is 0.923. The summed E-state index contributed by atoms with van der Waals surface area (Å²) in [5.41, 5.74) is 1.13. The van der Waals surface area contributed by atoms with Crippen molar-refractivity contribution in [1.82, 2.24) is 5.32 Å². The Balaban J connectivity index is 1.82. The van der Waals surface area contributed by atoms with Crippen LogP contribution < -0.4 is 5.32 Å². The van der Waals surface area contributed by atoms with Gasteiger partial charge in [-0.05, 0) is 28.2 Å². The Labute approximate surface area is 149 Å². The summed E-state index contributed by atoms with van der Waals surface area (Å²) in [4.78, 5) is 16.3. The molecular formula is C21H26N2O2. The first kappa shape index (κ1) is 17.5. The molecule has 2 aromatic rings. The fraction of sp³-hybridized carbons (Fsp3) is 0.429. The molecule has 1 aliphatic heterocycles. The number of hydrogen-bond acceptors (Lipinski definition) is 3. The van der Waals surface area contributed by atoms with Crippen LogP contribution in [0.2, 0.25) is 0 Å². The van der Waals surface area contributed by atoms with Crippen LogP contribution in [0.3, 0.4) is 0 Å². The first-order valence-electron chi connectivity index (χ1n) is 8.79. The second kappa shape index (κ2) is 6.87. The largest absolute Gasteiger partial charge is 0.477 e. The molecule has 132 valence electrons. The summed E-state index contributed by atoms with van der Waals surface area (Å²) >= 11 is 0. The SMILES string of the molecule is CC(=O)NC(C1=N[C@@H](Cc2cccc3ccccc23)CO1)C(C)(C)C. The fourth-order valence-electron chi connectivity index (χ4n) is 3.27. The molecule has 1 amide bonds. The molecule has 0 radical (unpaired) electrons. The highest BCUT2D eigenvalue weighted by Gasteiger charge is 2.35. The van der Waals surface area contributed by atoms with Gasteiger partial charge < -0.3 is 10.1 Å². The third-order valence-electron chi connectivity index (χ3n) is 4.53. The average molecular weight is 338 g/mol. The van der Waals surface area contributed by atoms with Crippen LogP contribution in [0.1, 0.15) is 33.3 Å². The van der Waals surface area contributed by atoms with Crippen molar-refractivity contribution >= 4 is 22.6 Å². The van der Waals surface area contributed by atoms with E-state index >= 15 is 0 Å². The minimum Gasteiger partial charge on any atom is -0.477 e. The predicted octanol–water partition coefficient (Wildman–Crippen LogP) is 3.73. The lowest BCUT2D eigenvalue weighted by Gasteiger charge is -2.30. The van der Waals surface area contributed by atoms with Crippen LogP contribution in [0.15, 0.2) is 47.5 Å². The summed E-state index contributed by atoms with van der Waals surface area (Å²) in [5, 5.41) is 5.49. The van der Waals surface area contributed by atoms with Crippen molar-refractivity contribution in [2.75, 3.05) is 6.61 Å². The van der Waals surface area contributed by atoms with Crippen molar-refractivity contribution in [3.8, 4) is 0 Å². The van der Waals surface area contributed by atoms with E-state index in [0.717, 1.165) is 6.42 Å². The van der Waals surface area contributed by atoms with Gasteiger partial charge in [-0.1, -0.05) is 63.2 Å². The van der Waals surface area contributed by atoms with Gasteiger partial charge in [0.05, 0.1) is 6.04 Å². The van der Waals surface area contributed by atoms with Crippen molar-refractivity contribution in [3.05, 3.63) is 48.0 Å². The van der Waals surface area contributed by atoms with Gasteiger partial charge in [-0.3, -0.25) is 4.79 Å².